The predicted molar refractivity (Wildman–Crippen MR) is 72.9 cm³/mol. The van der Waals surface area contributed by atoms with Gasteiger partial charge in [0, 0.05) is 24.7 Å². The highest BCUT2D eigenvalue weighted by Gasteiger charge is 2.24. The number of piperidine rings is 1. The molecule has 4 heteroatoms. The van der Waals surface area contributed by atoms with Crippen LogP contribution in [0.25, 0.3) is 0 Å². The normalized spacial score (nSPS) is 22.4. The first-order chi connectivity index (χ1) is 9.11. The van der Waals surface area contributed by atoms with Gasteiger partial charge < -0.3 is 5.32 Å². The Balaban J connectivity index is 2.03. The summed E-state index contributed by atoms with van der Waals surface area (Å²) in [6, 6.07) is 4.51. The van der Waals surface area contributed by atoms with Gasteiger partial charge in [-0.1, -0.05) is 6.07 Å². The zero-order chi connectivity index (χ0) is 13.8. The molecule has 0 spiro atoms. The molecule has 1 fully saturated rings. The van der Waals surface area contributed by atoms with Gasteiger partial charge in [-0.25, -0.2) is 8.78 Å². The summed E-state index contributed by atoms with van der Waals surface area (Å²) in [5.41, 5.74) is 0.195. The Bertz CT molecular complexity index is 402. The van der Waals surface area contributed by atoms with Crippen LogP contribution in [0.5, 0.6) is 0 Å². The van der Waals surface area contributed by atoms with Crippen LogP contribution in [0.3, 0.4) is 0 Å². The summed E-state index contributed by atoms with van der Waals surface area (Å²) in [5, 5.41) is 3.27. The fraction of sp³-hybridized carbons (Fsp3) is 0.600. The fourth-order valence-electron chi connectivity index (χ4n) is 2.79. The molecule has 0 aromatic heterocycles. The van der Waals surface area contributed by atoms with Gasteiger partial charge in [-0.05, 0) is 51.4 Å². The number of hydrogen-bond donors (Lipinski definition) is 1. The zero-order valence-corrected chi connectivity index (χ0v) is 11.6. The second-order valence-electron chi connectivity index (χ2n) is 5.41. The summed E-state index contributed by atoms with van der Waals surface area (Å²) >= 11 is 0. The lowest BCUT2D eigenvalue weighted by molar-refractivity contribution is 0.144. The van der Waals surface area contributed by atoms with Crippen molar-refractivity contribution in [2.75, 3.05) is 20.1 Å². The van der Waals surface area contributed by atoms with E-state index >= 15 is 0 Å². The zero-order valence-electron chi connectivity index (χ0n) is 11.6. The highest BCUT2D eigenvalue weighted by molar-refractivity contribution is 5.19. The third kappa shape index (κ3) is 3.51. The first-order valence-corrected chi connectivity index (χ1v) is 6.94. The lowest BCUT2D eigenvalue weighted by Crippen LogP contribution is -2.43. The molecule has 0 saturated carbocycles. The minimum Gasteiger partial charge on any atom is -0.317 e. The van der Waals surface area contributed by atoms with E-state index in [4.69, 9.17) is 0 Å². The van der Waals surface area contributed by atoms with Crippen molar-refractivity contribution in [1.29, 1.82) is 0 Å². The molecule has 1 aromatic carbocycles. The third-order valence-electron chi connectivity index (χ3n) is 4.15. The summed E-state index contributed by atoms with van der Waals surface area (Å²) in [5.74, 6) is -0.332. The van der Waals surface area contributed by atoms with Crippen LogP contribution < -0.4 is 5.32 Å². The Hall–Kier alpha value is -1.00. The Labute approximate surface area is 113 Å². The summed E-state index contributed by atoms with van der Waals surface area (Å²) < 4.78 is 27.3. The van der Waals surface area contributed by atoms with Gasteiger partial charge in [0.25, 0.3) is 0 Å². The molecule has 1 aliphatic rings. The molecule has 2 rings (SSSR count). The van der Waals surface area contributed by atoms with Gasteiger partial charge in [-0.3, -0.25) is 4.90 Å². The van der Waals surface area contributed by atoms with E-state index in [0.717, 1.165) is 19.5 Å². The maximum atomic E-state index is 13.6. The van der Waals surface area contributed by atoms with Gasteiger partial charge in [0.05, 0.1) is 0 Å². The molecule has 1 saturated heterocycles. The van der Waals surface area contributed by atoms with Crippen LogP contribution in [0.15, 0.2) is 18.2 Å². The van der Waals surface area contributed by atoms with E-state index in [1.807, 2.05) is 7.05 Å². The number of hydrogen-bond acceptors (Lipinski definition) is 2. The Kier molecular flexibility index (Phi) is 4.88. The van der Waals surface area contributed by atoms with Crippen molar-refractivity contribution < 1.29 is 8.78 Å². The fourth-order valence-corrected chi connectivity index (χ4v) is 2.79. The topological polar surface area (TPSA) is 15.3 Å². The van der Waals surface area contributed by atoms with Crippen LogP contribution in [-0.4, -0.2) is 31.1 Å². The van der Waals surface area contributed by atoms with Crippen LogP contribution in [0, 0.1) is 17.6 Å². The van der Waals surface area contributed by atoms with Crippen LogP contribution in [0.4, 0.5) is 8.78 Å². The van der Waals surface area contributed by atoms with E-state index < -0.39 is 11.6 Å². The highest BCUT2D eigenvalue weighted by Crippen LogP contribution is 2.23. The molecule has 2 atom stereocenters. The predicted octanol–water partition coefficient (Wildman–Crippen LogP) is 2.78. The van der Waals surface area contributed by atoms with E-state index in [-0.39, 0.29) is 5.56 Å². The number of rotatable bonds is 4. The monoisotopic (exact) mass is 268 g/mol. The molecule has 0 radical (unpaired) electrons. The van der Waals surface area contributed by atoms with Crippen LogP contribution in [0.2, 0.25) is 0 Å². The smallest absolute Gasteiger partial charge is 0.130 e. The molecule has 1 N–H and O–H groups in total. The standard InChI is InChI=1S/C15H22F2N2/c1-11(18-2)12-5-4-8-19(9-12)10-13-14(16)6-3-7-15(13)17/h3,6-7,11-12,18H,4-5,8-10H2,1-2H3. The molecule has 2 nitrogen and oxygen atoms in total. The Morgan fingerprint density at radius 3 is 2.68 bits per heavy atom. The number of nitrogens with one attached hydrogen (secondary N) is 1. The second-order valence-corrected chi connectivity index (χ2v) is 5.41. The van der Waals surface area contributed by atoms with Crippen molar-refractivity contribution in [3.8, 4) is 0 Å². The first kappa shape index (κ1) is 14.4. The van der Waals surface area contributed by atoms with E-state index in [0.29, 0.717) is 18.5 Å². The van der Waals surface area contributed by atoms with Gasteiger partial charge in [-0.2, -0.15) is 0 Å². The molecular weight excluding hydrogens is 246 g/mol. The van der Waals surface area contributed by atoms with Crippen molar-refractivity contribution in [1.82, 2.24) is 10.2 Å². The van der Waals surface area contributed by atoms with Crippen molar-refractivity contribution in [3.63, 3.8) is 0 Å². The molecule has 2 unspecified atom stereocenters. The number of benzene rings is 1. The van der Waals surface area contributed by atoms with Crippen molar-refractivity contribution in [2.24, 2.45) is 5.92 Å². The lowest BCUT2D eigenvalue weighted by Gasteiger charge is -2.35. The minimum absolute atomic E-state index is 0.195. The van der Waals surface area contributed by atoms with Gasteiger partial charge in [0.15, 0.2) is 0 Å². The van der Waals surface area contributed by atoms with Crippen molar-refractivity contribution >= 4 is 0 Å². The summed E-state index contributed by atoms with van der Waals surface area (Å²) in [6.07, 6.45) is 2.27. The van der Waals surface area contributed by atoms with E-state index in [2.05, 4.69) is 17.1 Å². The maximum Gasteiger partial charge on any atom is 0.130 e. The van der Waals surface area contributed by atoms with E-state index in [9.17, 15) is 8.78 Å². The van der Waals surface area contributed by atoms with E-state index in [1.165, 1.54) is 24.6 Å². The number of nitrogens with zero attached hydrogens (tertiary/aromatic N) is 1. The average molecular weight is 268 g/mol. The Morgan fingerprint density at radius 2 is 2.05 bits per heavy atom. The second kappa shape index (κ2) is 6.44. The van der Waals surface area contributed by atoms with Crippen LogP contribution in [-0.2, 0) is 6.54 Å². The number of halogens is 2. The van der Waals surface area contributed by atoms with Crippen molar-refractivity contribution in [2.45, 2.75) is 32.4 Å². The summed E-state index contributed by atoms with van der Waals surface area (Å²) in [6.45, 7) is 4.35. The van der Waals surface area contributed by atoms with Crippen LogP contribution >= 0.6 is 0 Å². The first-order valence-electron chi connectivity index (χ1n) is 6.94. The number of likely N-dealkylation sites (tertiary alicyclic amines) is 1. The molecule has 19 heavy (non-hydrogen) atoms. The summed E-state index contributed by atoms with van der Waals surface area (Å²) in [7, 11) is 1.96. The molecule has 0 bridgehead atoms. The summed E-state index contributed by atoms with van der Waals surface area (Å²) in [4.78, 5) is 2.16. The average Bonchev–Trinajstić information content (AvgIpc) is 2.42. The molecule has 106 valence electrons. The molecule has 1 aromatic rings. The SMILES string of the molecule is CNC(C)C1CCCN(Cc2c(F)cccc2F)C1. The van der Waals surface area contributed by atoms with Gasteiger partial charge in [0.2, 0.25) is 0 Å². The molecule has 1 aliphatic heterocycles. The minimum atomic E-state index is -0.441. The quantitative estimate of drug-likeness (QED) is 0.903. The lowest BCUT2D eigenvalue weighted by atomic mass is 9.91. The van der Waals surface area contributed by atoms with Crippen molar-refractivity contribution in [3.05, 3.63) is 35.4 Å². The van der Waals surface area contributed by atoms with E-state index in [1.54, 1.807) is 0 Å². The third-order valence-corrected chi connectivity index (χ3v) is 4.15. The molecule has 0 aliphatic carbocycles. The molecular formula is C15H22F2N2. The molecule has 0 amide bonds. The maximum absolute atomic E-state index is 13.6. The van der Waals surface area contributed by atoms with Gasteiger partial charge in [0.1, 0.15) is 11.6 Å². The Morgan fingerprint density at radius 1 is 1.37 bits per heavy atom. The highest BCUT2D eigenvalue weighted by atomic mass is 19.1. The molecule has 1 heterocycles. The van der Waals surface area contributed by atoms with Crippen LogP contribution in [0.1, 0.15) is 25.3 Å². The van der Waals surface area contributed by atoms with Gasteiger partial charge in [-0.15, -0.1) is 0 Å². The largest absolute Gasteiger partial charge is 0.317 e. The van der Waals surface area contributed by atoms with Gasteiger partial charge >= 0.3 is 0 Å².